The summed E-state index contributed by atoms with van der Waals surface area (Å²) in [6.07, 6.45) is 3.94. The van der Waals surface area contributed by atoms with Crippen LogP contribution < -0.4 is 10.6 Å². The van der Waals surface area contributed by atoms with Gasteiger partial charge in [-0.3, -0.25) is 9.59 Å². The number of amides is 2. The normalized spacial score (nSPS) is 26.6. The fourth-order valence-corrected chi connectivity index (χ4v) is 3.03. The molecule has 2 bridgehead atoms. The lowest BCUT2D eigenvalue weighted by atomic mass is 9.95. The van der Waals surface area contributed by atoms with Crippen LogP contribution in [-0.4, -0.2) is 30.1 Å². The van der Waals surface area contributed by atoms with Crippen LogP contribution in [0.5, 0.6) is 0 Å². The maximum absolute atomic E-state index is 12.3. The SMILES string of the molecule is CCC(=O)Nc1cccc(C(=O)NC2CC3CCC2O3)c1. The molecule has 2 aliphatic heterocycles. The van der Waals surface area contributed by atoms with E-state index in [2.05, 4.69) is 10.6 Å². The number of hydrogen-bond donors (Lipinski definition) is 2. The largest absolute Gasteiger partial charge is 0.373 e. The minimum atomic E-state index is -0.108. The average molecular weight is 288 g/mol. The minimum Gasteiger partial charge on any atom is -0.373 e. The van der Waals surface area contributed by atoms with Gasteiger partial charge in [0.2, 0.25) is 5.91 Å². The molecule has 2 aliphatic rings. The zero-order chi connectivity index (χ0) is 14.8. The van der Waals surface area contributed by atoms with Crippen LogP contribution in [0.25, 0.3) is 0 Å². The molecular formula is C16H20N2O3. The molecule has 2 N–H and O–H groups in total. The molecule has 2 fully saturated rings. The van der Waals surface area contributed by atoms with Gasteiger partial charge in [0.05, 0.1) is 18.2 Å². The van der Waals surface area contributed by atoms with Gasteiger partial charge in [-0.2, -0.15) is 0 Å². The third kappa shape index (κ3) is 3.08. The van der Waals surface area contributed by atoms with Gasteiger partial charge in [-0.05, 0) is 37.5 Å². The third-order valence-corrected chi connectivity index (χ3v) is 4.15. The van der Waals surface area contributed by atoms with Crippen molar-refractivity contribution in [2.24, 2.45) is 0 Å². The Kier molecular flexibility index (Phi) is 3.92. The molecule has 0 saturated carbocycles. The van der Waals surface area contributed by atoms with E-state index in [-0.39, 0.29) is 24.0 Å². The van der Waals surface area contributed by atoms with Crippen LogP contribution in [0.1, 0.15) is 43.0 Å². The molecule has 1 aromatic carbocycles. The highest BCUT2D eigenvalue weighted by Gasteiger charge is 2.41. The maximum atomic E-state index is 12.3. The molecule has 21 heavy (non-hydrogen) atoms. The number of carbonyl (C=O) groups excluding carboxylic acids is 2. The molecule has 5 nitrogen and oxygen atoms in total. The quantitative estimate of drug-likeness (QED) is 0.891. The van der Waals surface area contributed by atoms with E-state index in [1.165, 1.54) is 0 Å². The lowest BCUT2D eigenvalue weighted by Crippen LogP contribution is -2.41. The molecule has 2 amide bonds. The van der Waals surface area contributed by atoms with E-state index in [1.54, 1.807) is 31.2 Å². The predicted molar refractivity (Wildman–Crippen MR) is 79.1 cm³/mol. The second-order valence-electron chi connectivity index (χ2n) is 5.67. The monoisotopic (exact) mass is 288 g/mol. The van der Waals surface area contributed by atoms with Crippen molar-refractivity contribution in [2.75, 3.05) is 5.32 Å². The average Bonchev–Trinajstić information content (AvgIpc) is 3.10. The molecule has 5 heteroatoms. The van der Waals surface area contributed by atoms with Crippen molar-refractivity contribution in [1.29, 1.82) is 0 Å². The summed E-state index contributed by atoms with van der Waals surface area (Å²) in [6, 6.07) is 7.13. The van der Waals surface area contributed by atoms with Gasteiger partial charge in [0, 0.05) is 17.7 Å². The van der Waals surface area contributed by atoms with Crippen molar-refractivity contribution >= 4 is 17.5 Å². The summed E-state index contributed by atoms with van der Waals surface area (Å²) >= 11 is 0. The van der Waals surface area contributed by atoms with Crippen LogP contribution in [0.4, 0.5) is 5.69 Å². The van der Waals surface area contributed by atoms with Crippen LogP contribution in [-0.2, 0) is 9.53 Å². The molecular weight excluding hydrogens is 268 g/mol. The molecule has 0 aromatic heterocycles. The van der Waals surface area contributed by atoms with Crippen molar-refractivity contribution in [2.45, 2.75) is 50.9 Å². The highest BCUT2D eigenvalue weighted by atomic mass is 16.5. The van der Waals surface area contributed by atoms with Gasteiger partial charge in [0.25, 0.3) is 5.91 Å². The Labute approximate surface area is 124 Å². The van der Waals surface area contributed by atoms with Crippen molar-refractivity contribution in [3.05, 3.63) is 29.8 Å². The molecule has 0 radical (unpaired) electrons. The van der Waals surface area contributed by atoms with Gasteiger partial charge >= 0.3 is 0 Å². The van der Waals surface area contributed by atoms with Crippen LogP contribution in [0.15, 0.2) is 24.3 Å². The number of anilines is 1. The van der Waals surface area contributed by atoms with Gasteiger partial charge in [-0.15, -0.1) is 0 Å². The van der Waals surface area contributed by atoms with E-state index in [0.29, 0.717) is 23.8 Å². The second-order valence-corrected chi connectivity index (χ2v) is 5.67. The van der Waals surface area contributed by atoms with Crippen LogP contribution in [0.2, 0.25) is 0 Å². The van der Waals surface area contributed by atoms with E-state index in [0.717, 1.165) is 19.3 Å². The zero-order valence-electron chi connectivity index (χ0n) is 12.1. The summed E-state index contributed by atoms with van der Waals surface area (Å²) in [4.78, 5) is 23.7. The highest BCUT2D eigenvalue weighted by Crippen LogP contribution is 2.34. The number of fused-ring (bicyclic) bond motifs is 2. The Morgan fingerprint density at radius 3 is 2.86 bits per heavy atom. The first-order valence-electron chi connectivity index (χ1n) is 7.52. The van der Waals surface area contributed by atoms with E-state index in [1.807, 2.05) is 0 Å². The standard InChI is InChI=1S/C16H20N2O3/c1-2-15(19)17-11-5-3-4-10(8-11)16(20)18-13-9-12-6-7-14(13)21-12/h3-5,8,12-14H,2,6-7,9H2,1H3,(H,17,19)(H,18,20). The molecule has 2 heterocycles. The van der Waals surface area contributed by atoms with Crippen molar-refractivity contribution < 1.29 is 14.3 Å². The number of ether oxygens (including phenoxy) is 1. The molecule has 0 spiro atoms. The van der Waals surface area contributed by atoms with E-state index < -0.39 is 0 Å². The topological polar surface area (TPSA) is 67.4 Å². The summed E-state index contributed by atoms with van der Waals surface area (Å²) in [6.45, 7) is 1.79. The van der Waals surface area contributed by atoms with Gasteiger partial charge in [0.1, 0.15) is 0 Å². The number of carbonyl (C=O) groups is 2. The molecule has 0 aliphatic carbocycles. The fourth-order valence-electron chi connectivity index (χ4n) is 3.03. The van der Waals surface area contributed by atoms with Crippen molar-refractivity contribution in [3.8, 4) is 0 Å². The molecule has 3 unspecified atom stereocenters. The van der Waals surface area contributed by atoms with E-state index >= 15 is 0 Å². The highest BCUT2D eigenvalue weighted by molar-refractivity contribution is 5.97. The van der Waals surface area contributed by atoms with Gasteiger partial charge in [-0.1, -0.05) is 13.0 Å². The van der Waals surface area contributed by atoms with E-state index in [9.17, 15) is 9.59 Å². The number of rotatable bonds is 4. The number of hydrogen-bond acceptors (Lipinski definition) is 3. The smallest absolute Gasteiger partial charge is 0.251 e. The van der Waals surface area contributed by atoms with Crippen LogP contribution in [0, 0.1) is 0 Å². The molecule has 3 atom stereocenters. The van der Waals surface area contributed by atoms with Crippen molar-refractivity contribution in [1.82, 2.24) is 5.32 Å². The lowest BCUT2D eigenvalue weighted by molar-refractivity contribution is -0.115. The zero-order valence-corrected chi connectivity index (χ0v) is 12.1. The predicted octanol–water partition coefficient (Wildman–Crippen LogP) is 2.08. The Balaban J connectivity index is 1.64. The Morgan fingerprint density at radius 1 is 1.33 bits per heavy atom. The van der Waals surface area contributed by atoms with Gasteiger partial charge in [-0.25, -0.2) is 0 Å². The summed E-state index contributed by atoms with van der Waals surface area (Å²) in [5, 5.41) is 5.81. The molecule has 3 rings (SSSR count). The molecule has 112 valence electrons. The Bertz CT molecular complexity index is 558. The molecule has 1 aromatic rings. The summed E-state index contributed by atoms with van der Waals surface area (Å²) < 4.78 is 5.74. The van der Waals surface area contributed by atoms with Gasteiger partial charge in [0.15, 0.2) is 0 Å². The fraction of sp³-hybridized carbons (Fsp3) is 0.500. The maximum Gasteiger partial charge on any atom is 0.251 e. The van der Waals surface area contributed by atoms with Crippen LogP contribution in [0.3, 0.4) is 0 Å². The first-order valence-corrected chi connectivity index (χ1v) is 7.52. The first kappa shape index (κ1) is 14.1. The van der Waals surface area contributed by atoms with Crippen molar-refractivity contribution in [3.63, 3.8) is 0 Å². The van der Waals surface area contributed by atoms with E-state index in [4.69, 9.17) is 4.74 Å². The number of benzene rings is 1. The van der Waals surface area contributed by atoms with Crippen LogP contribution >= 0.6 is 0 Å². The summed E-state index contributed by atoms with van der Waals surface area (Å²) in [5.74, 6) is -0.169. The number of nitrogens with one attached hydrogen (secondary N) is 2. The molecule has 2 saturated heterocycles. The Hall–Kier alpha value is -1.88. The Morgan fingerprint density at radius 2 is 2.19 bits per heavy atom. The van der Waals surface area contributed by atoms with Gasteiger partial charge < -0.3 is 15.4 Å². The lowest BCUT2D eigenvalue weighted by Gasteiger charge is -2.20. The first-order chi connectivity index (χ1) is 10.2. The summed E-state index contributed by atoms with van der Waals surface area (Å²) in [7, 11) is 0. The third-order valence-electron chi connectivity index (χ3n) is 4.15. The second kappa shape index (κ2) is 5.85. The summed E-state index contributed by atoms with van der Waals surface area (Å²) in [5.41, 5.74) is 1.21. The minimum absolute atomic E-state index is 0.0611.